The van der Waals surface area contributed by atoms with Gasteiger partial charge in [-0.2, -0.15) is 10.1 Å². The number of nitrogens with zero attached hydrogens (tertiary/aromatic N) is 4. The summed E-state index contributed by atoms with van der Waals surface area (Å²) < 4.78 is 0. The van der Waals surface area contributed by atoms with Crippen molar-refractivity contribution in [2.45, 2.75) is 34.1 Å². The highest BCUT2D eigenvalue weighted by Gasteiger charge is 2.33. The third kappa shape index (κ3) is 4.79. The minimum atomic E-state index is -0.309. The Morgan fingerprint density at radius 3 is 2.23 bits per heavy atom. The molecule has 0 aromatic heterocycles. The van der Waals surface area contributed by atoms with E-state index >= 15 is 0 Å². The molecular formula is C25H28N4O2. The number of anilines is 2. The van der Waals surface area contributed by atoms with Gasteiger partial charge in [-0.25, -0.2) is 0 Å². The van der Waals surface area contributed by atoms with Gasteiger partial charge in [-0.1, -0.05) is 25.1 Å². The van der Waals surface area contributed by atoms with Crippen molar-refractivity contribution >= 4 is 40.7 Å². The summed E-state index contributed by atoms with van der Waals surface area (Å²) in [6, 6.07) is 17.1. The smallest absolute Gasteiger partial charge is 0.281 e. The van der Waals surface area contributed by atoms with E-state index in [9.17, 15) is 9.59 Å². The van der Waals surface area contributed by atoms with Crippen LogP contribution in [0.1, 0.15) is 34.1 Å². The van der Waals surface area contributed by atoms with Crippen molar-refractivity contribution < 1.29 is 9.59 Å². The molecule has 6 heteroatoms. The number of carbonyl (C=O) groups is 2. The second kappa shape index (κ2) is 9.98. The SMILES string of the molecule is CCC1=NN(c2ccccc2)C(=O)/C1=C(\C=Nc1ccc(N(CC)CC)cc1)C(C)=O. The highest BCUT2D eigenvalue weighted by molar-refractivity contribution is 6.36. The number of para-hydroxylation sites is 1. The third-order valence-corrected chi connectivity index (χ3v) is 5.22. The summed E-state index contributed by atoms with van der Waals surface area (Å²) in [5, 5.41) is 5.82. The molecule has 1 heterocycles. The zero-order valence-corrected chi connectivity index (χ0v) is 18.5. The van der Waals surface area contributed by atoms with E-state index in [-0.39, 0.29) is 17.3 Å². The molecule has 3 rings (SSSR count). The maximum absolute atomic E-state index is 13.2. The normalized spacial score (nSPS) is 15.4. The molecule has 0 unspecified atom stereocenters. The number of amides is 1. The molecule has 0 radical (unpaired) electrons. The molecule has 0 aliphatic carbocycles. The third-order valence-electron chi connectivity index (χ3n) is 5.22. The first-order valence-electron chi connectivity index (χ1n) is 10.6. The van der Waals surface area contributed by atoms with E-state index in [2.05, 4.69) is 28.8 Å². The number of hydrogen-bond donors (Lipinski definition) is 0. The van der Waals surface area contributed by atoms with E-state index in [1.807, 2.05) is 61.5 Å². The molecule has 0 atom stereocenters. The van der Waals surface area contributed by atoms with Crippen LogP contribution in [0.15, 0.2) is 75.8 Å². The summed E-state index contributed by atoms with van der Waals surface area (Å²) in [5.74, 6) is -0.528. The molecule has 1 aliphatic rings. The number of ketones is 1. The van der Waals surface area contributed by atoms with Crippen molar-refractivity contribution in [1.29, 1.82) is 0 Å². The molecule has 6 nitrogen and oxygen atoms in total. The molecule has 160 valence electrons. The van der Waals surface area contributed by atoms with Crippen molar-refractivity contribution in [1.82, 2.24) is 0 Å². The minimum Gasteiger partial charge on any atom is -0.372 e. The van der Waals surface area contributed by atoms with E-state index in [1.54, 1.807) is 0 Å². The number of carbonyl (C=O) groups excluding carboxylic acids is 2. The summed E-state index contributed by atoms with van der Waals surface area (Å²) in [6.07, 6.45) is 2.02. The fourth-order valence-corrected chi connectivity index (χ4v) is 3.52. The van der Waals surface area contributed by atoms with E-state index in [1.165, 1.54) is 18.1 Å². The van der Waals surface area contributed by atoms with Gasteiger partial charge in [0.25, 0.3) is 5.91 Å². The Hall–Kier alpha value is -3.54. The average molecular weight is 417 g/mol. The highest BCUT2D eigenvalue weighted by atomic mass is 16.2. The van der Waals surface area contributed by atoms with Gasteiger partial charge in [-0.15, -0.1) is 0 Å². The first kappa shape index (κ1) is 22.2. The number of hydrogen-bond acceptors (Lipinski definition) is 5. The van der Waals surface area contributed by atoms with Crippen LogP contribution < -0.4 is 9.91 Å². The molecule has 0 bridgehead atoms. The van der Waals surface area contributed by atoms with Gasteiger partial charge < -0.3 is 4.90 Å². The Bertz CT molecular complexity index is 1030. The Morgan fingerprint density at radius 1 is 1.03 bits per heavy atom. The summed E-state index contributed by atoms with van der Waals surface area (Å²) in [5.41, 5.74) is 3.69. The maximum Gasteiger partial charge on any atom is 0.281 e. The average Bonchev–Trinajstić information content (AvgIpc) is 3.12. The molecule has 0 saturated heterocycles. The molecular weight excluding hydrogens is 388 g/mol. The van der Waals surface area contributed by atoms with Crippen LogP contribution in [0.4, 0.5) is 17.1 Å². The monoisotopic (exact) mass is 416 g/mol. The van der Waals surface area contributed by atoms with Gasteiger partial charge >= 0.3 is 0 Å². The largest absolute Gasteiger partial charge is 0.372 e. The summed E-state index contributed by atoms with van der Waals surface area (Å²) >= 11 is 0. The molecule has 0 spiro atoms. The summed E-state index contributed by atoms with van der Waals surface area (Å²) in [4.78, 5) is 32.3. The van der Waals surface area contributed by atoms with Gasteiger partial charge in [0, 0.05) is 25.0 Å². The molecule has 31 heavy (non-hydrogen) atoms. The van der Waals surface area contributed by atoms with Crippen molar-refractivity contribution in [2.24, 2.45) is 10.1 Å². The number of rotatable bonds is 8. The van der Waals surface area contributed by atoms with Gasteiger partial charge in [0.15, 0.2) is 5.78 Å². The molecule has 1 amide bonds. The number of hydrazone groups is 1. The van der Waals surface area contributed by atoms with Gasteiger partial charge in [0.1, 0.15) is 0 Å². The van der Waals surface area contributed by atoms with Crippen LogP contribution in [0.3, 0.4) is 0 Å². The lowest BCUT2D eigenvalue weighted by molar-refractivity contribution is -0.116. The topological polar surface area (TPSA) is 65.3 Å². The van der Waals surface area contributed by atoms with Crippen LogP contribution in [0, 0.1) is 0 Å². The van der Waals surface area contributed by atoms with E-state index in [0.717, 1.165) is 24.5 Å². The number of aliphatic imine (C=N–C) groups is 1. The molecule has 0 N–H and O–H groups in total. The first-order valence-corrected chi connectivity index (χ1v) is 10.6. The fourth-order valence-electron chi connectivity index (χ4n) is 3.52. The molecule has 0 saturated carbocycles. The van der Waals surface area contributed by atoms with Crippen molar-refractivity contribution in [3.8, 4) is 0 Å². The number of allylic oxidation sites excluding steroid dienone is 1. The van der Waals surface area contributed by atoms with Crippen LogP contribution in [-0.2, 0) is 9.59 Å². The minimum absolute atomic E-state index is 0.220. The second-order valence-electron chi connectivity index (χ2n) is 7.14. The van der Waals surface area contributed by atoms with Crippen molar-refractivity contribution in [3.63, 3.8) is 0 Å². The first-order chi connectivity index (χ1) is 15.0. The maximum atomic E-state index is 13.2. The zero-order valence-electron chi connectivity index (χ0n) is 18.5. The Kier molecular flexibility index (Phi) is 7.13. The predicted octanol–water partition coefficient (Wildman–Crippen LogP) is 4.93. The van der Waals surface area contributed by atoms with Crippen LogP contribution in [0.5, 0.6) is 0 Å². The van der Waals surface area contributed by atoms with Gasteiger partial charge in [0.05, 0.1) is 28.2 Å². The Labute approximate surface area is 183 Å². The molecule has 1 aliphatic heterocycles. The summed E-state index contributed by atoms with van der Waals surface area (Å²) in [7, 11) is 0. The second-order valence-corrected chi connectivity index (χ2v) is 7.14. The highest BCUT2D eigenvalue weighted by Crippen LogP contribution is 2.27. The van der Waals surface area contributed by atoms with Gasteiger partial charge in [-0.05, 0) is 63.6 Å². The Balaban J connectivity index is 1.94. The van der Waals surface area contributed by atoms with Crippen LogP contribution in [0.25, 0.3) is 0 Å². The summed E-state index contributed by atoms with van der Waals surface area (Å²) in [6.45, 7) is 9.46. The molecule has 2 aromatic carbocycles. The van der Waals surface area contributed by atoms with Crippen molar-refractivity contribution in [3.05, 3.63) is 65.7 Å². The standard InChI is InChI=1S/C25H28N4O2/c1-5-23-24(25(31)29(27-23)21-11-9-8-10-12-21)22(18(4)30)17-26-19-13-15-20(16-14-19)28(6-2)7-3/h8-17H,5-7H2,1-4H3/b24-22+,26-17?. The van der Waals surface area contributed by atoms with E-state index in [4.69, 9.17) is 0 Å². The lowest BCUT2D eigenvalue weighted by Gasteiger charge is -2.20. The molecule has 2 aromatic rings. The fraction of sp³-hybridized carbons (Fsp3) is 0.280. The number of Topliss-reactive ketones (excluding diaryl/α,β-unsaturated/α-hetero) is 1. The van der Waals surface area contributed by atoms with Crippen LogP contribution in [0.2, 0.25) is 0 Å². The quantitative estimate of drug-likeness (QED) is 0.452. The molecule has 0 fully saturated rings. The zero-order chi connectivity index (χ0) is 22.4. The van der Waals surface area contributed by atoms with E-state index < -0.39 is 0 Å². The van der Waals surface area contributed by atoms with Gasteiger partial charge in [-0.3, -0.25) is 14.6 Å². The van der Waals surface area contributed by atoms with Crippen LogP contribution in [-0.4, -0.2) is 36.7 Å². The van der Waals surface area contributed by atoms with E-state index in [0.29, 0.717) is 23.4 Å². The van der Waals surface area contributed by atoms with Crippen molar-refractivity contribution in [2.75, 3.05) is 23.0 Å². The lowest BCUT2D eigenvalue weighted by atomic mass is 9.99. The number of benzene rings is 2. The van der Waals surface area contributed by atoms with Crippen LogP contribution >= 0.6 is 0 Å². The predicted molar refractivity (Wildman–Crippen MR) is 128 cm³/mol. The van der Waals surface area contributed by atoms with Gasteiger partial charge in [0.2, 0.25) is 0 Å². The Morgan fingerprint density at radius 2 is 1.68 bits per heavy atom. The lowest BCUT2D eigenvalue weighted by Crippen LogP contribution is -2.23.